The summed E-state index contributed by atoms with van der Waals surface area (Å²) in [5.74, 6) is -0.833. The molecule has 0 amide bonds. The van der Waals surface area contributed by atoms with Crippen LogP contribution in [0, 0.1) is 0 Å². The zero-order valence-electron chi connectivity index (χ0n) is 9.24. The van der Waals surface area contributed by atoms with Crippen LogP contribution in [0.5, 0.6) is 0 Å². The lowest BCUT2D eigenvalue weighted by Crippen LogP contribution is -1.95. The molecule has 1 rings (SSSR count). The van der Waals surface area contributed by atoms with Crippen molar-refractivity contribution in [1.82, 2.24) is 0 Å². The molecule has 0 spiro atoms. The first-order valence-corrected chi connectivity index (χ1v) is 6.04. The van der Waals surface area contributed by atoms with Crippen LogP contribution in [-0.2, 0) is 11.2 Å². The number of aryl methyl sites for hydroxylation is 1. The number of unbranched alkanes of at least 4 members (excludes halogenated alkanes) is 1. The molecule has 0 saturated heterocycles. The zero-order chi connectivity index (χ0) is 12.0. The topological polar surface area (TPSA) is 37.3 Å². The molecule has 0 bridgehead atoms. The Hall–Kier alpha value is -1.09. The van der Waals surface area contributed by atoms with Crippen LogP contribution >= 0.6 is 15.9 Å². The summed E-state index contributed by atoms with van der Waals surface area (Å²) in [6, 6.07) is 8.10. The molecule has 0 aromatic heterocycles. The van der Waals surface area contributed by atoms with Gasteiger partial charge in [-0.3, -0.25) is 0 Å². The molecular formula is C13H15BrO2. The lowest BCUT2D eigenvalue weighted by atomic mass is 10.1. The van der Waals surface area contributed by atoms with Gasteiger partial charge in [0.2, 0.25) is 0 Å². The molecule has 0 aliphatic heterocycles. The fourth-order valence-electron chi connectivity index (χ4n) is 1.40. The van der Waals surface area contributed by atoms with Crippen molar-refractivity contribution < 1.29 is 9.90 Å². The Morgan fingerprint density at radius 3 is 2.75 bits per heavy atom. The molecule has 0 heterocycles. The third-order valence-electron chi connectivity index (χ3n) is 2.40. The second kappa shape index (κ2) is 6.48. The Balaban J connectivity index is 2.40. The average Bonchev–Trinajstić information content (AvgIpc) is 2.26. The number of carboxylic acid groups (broad SMARTS) is 1. The van der Waals surface area contributed by atoms with Gasteiger partial charge in [0, 0.05) is 10.0 Å². The average molecular weight is 283 g/mol. The van der Waals surface area contributed by atoms with Gasteiger partial charge in [0.15, 0.2) is 0 Å². The Morgan fingerprint density at radius 1 is 1.44 bits per heavy atom. The van der Waals surface area contributed by atoms with Crippen molar-refractivity contribution in [2.45, 2.75) is 26.2 Å². The standard InChI is InChI=1S/C13H15BrO2/c1-10(13(15)16)6-2-3-7-11-8-4-5-9-12(11)14/h4-6,8-9H,2-3,7H2,1H3,(H,15,16). The second-order valence-corrected chi connectivity index (χ2v) is 4.53. The molecule has 0 radical (unpaired) electrons. The lowest BCUT2D eigenvalue weighted by molar-refractivity contribution is -0.132. The van der Waals surface area contributed by atoms with Crippen molar-refractivity contribution in [3.63, 3.8) is 0 Å². The molecule has 1 aromatic carbocycles. The maximum atomic E-state index is 10.5. The van der Waals surface area contributed by atoms with E-state index in [-0.39, 0.29) is 0 Å². The van der Waals surface area contributed by atoms with E-state index in [0.717, 1.165) is 23.7 Å². The number of carboxylic acids is 1. The summed E-state index contributed by atoms with van der Waals surface area (Å²) in [4.78, 5) is 10.5. The maximum Gasteiger partial charge on any atom is 0.330 e. The third-order valence-corrected chi connectivity index (χ3v) is 3.17. The number of benzene rings is 1. The smallest absolute Gasteiger partial charge is 0.330 e. The van der Waals surface area contributed by atoms with Gasteiger partial charge < -0.3 is 5.11 Å². The summed E-state index contributed by atoms with van der Waals surface area (Å²) < 4.78 is 1.12. The molecule has 86 valence electrons. The number of hydrogen-bond acceptors (Lipinski definition) is 1. The zero-order valence-corrected chi connectivity index (χ0v) is 10.8. The Bertz CT molecular complexity index is 397. The minimum absolute atomic E-state index is 0.423. The molecule has 3 heteroatoms. The molecule has 16 heavy (non-hydrogen) atoms. The van der Waals surface area contributed by atoms with E-state index < -0.39 is 5.97 Å². The number of hydrogen-bond donors (Lipinski definition) is 1. The predicted octanol–water partition coefficient (Wildman–Crippen LogP) is 3.80. The maximum absolute atomic E-state index is 10.5. The van der Waals surface area contributed by atoms with Gasteiger partial charge in [-0.05, 0) is 37.8 Å². The summed E-state index contributed by atoms with van der Waals surface area (Å²) in [7, 11) is 0. The van der Waals surface area contributed by atoms with Crippen LogP contribution < -0.4 is 0 Å². The van der Waals surface area contributed by atoms with Gasteiger partial charge in [-0.15, -0.1) is 0 Å². The molecule has 1 N–H and O–H groups in total. The van der Waals surface area contributed by atoms with E-state index in [0.29, 0.717) is 5.57 Å². The summed E-state index contributed by atoms with van der Waals surface area (Å²) in [6.45, 7) is 1.63. The number of rotatable bonds is 5. The van der Waals surface area contributed by atoms with Crippen molar-refractivity contribution in [3.05, 3.63) is 46.0 Å². The normalized spacial score (nSPS) is 11.5. The minimum atomic E-state index is -0.833. The van der Waals surface area contributed by atoms with Gasteiger partial charge in [-0.25, -0.2) is 4.79 Å². The largest absolute Gasteiger partial charge is 0.478 e. The van der Waals surface area contributed by atoms with E-state index in [2.05, 4.69) is 22.0 Å². The highest BCUT2D eigenvalue weighted by Gasteiger charge is 2.00. The molecule has 0 aliphatic carbocycles. The monoisotopic (exact) mass is 282 g/mol. The fraction of sp³-hybridized carbons (Fsp3) is 0.308. The van der Waals surface area contributed by atoms with Crippen LogP contribution in [0.4, 0.5) is 0 Å². The molecule has 1 aromatic rings. The molecule has 0 saturated carbocycles. The first kappa shape index (κ1) is 13.0. The highest BCUT2D eigenvalue weighted by atomic mass is 79.9. The Kier molecular flexibility index (Phi) is 5.26. The SMILES string of the molecule is CC(=CCCCc1ccccc1Br)C(=O)O. The van der Waals surface area contributed by atoms with Crippen molar-refractivity contribution in [3.8, 4) is 0 Å². The molecule has 0 fully saturated rings. The predicted molar refractivity (Wildman–Crippen MR) is 68.5 cm³/mol. The van der Waals surface area contributed by atoms with E-state index in [1.165, 1.54) is 5.56 Å². The molecule has 0 atom stereocenters. The van der Waals surface area contributed by atoms with Crippen molar-refractivity contribution >= 4 is 21.9 Å². The first-order chi connectivity index (χ1) is 7.61. The first-order valence-electron chi connectivity index (χ1n) is 5.24. The van der Waals surface area contributed by atoms with Crippen LogP contribution in [0.3, 0.4) is 0 Å². The Morgan fingerprint density at radius 2 is 2.12 bits per heavy atom. The van der Waals surface area contributed by atoms with Crippen LogP contribution in [-0.4, -0.2) is 11.1 Å². The van der Waals surface area contributed by atoms with Crippen molar-refractivity contribution in [2.24, 2.45) is 0 Å². The van der Waals surface area contributed by atoms with Crippen LogP contribution in [0.2, 0.25) is 0 Å². The number of aliphatic carboxylic acids is 1. The summed E-state index contributed by atoms with van der Waals surface area (Å²) in [5, 5.41) is 8.67. The van der Waals surface area contributed by atoms with E-state index in [1.807, 2.05) is 18.2 Å². The Labute approximate surface area is 104 Å². The number of carbonyl (C=O) groups is 1. The van der Waals surface area contributed by atoms with Gasteiger partial charge in [-0.2, -0.15) is 0 Å². The van der Waals surface area contributed by atoms with E-state index in [4.69, 9.17) is 5.11 Å². The molecule has 0 aliphatic rings. The summed E-state index contributed by atoms with van der Waals surface area (Å²) >= 11 is 3.49. The van der Waals surface area contributed by atoms with Crippen LogP contribution in [0.1, 0.15) is 25.3 Å². The van der Waals surface area contributed by atoms with Gasteiger partial charge in [-0.1, -0.05) is 40.2 Å². The highest BCUT2D eigenvalue weighted by Crippen LogP contribution is 2.18. The van der Waals surface area contributed by atoms with E-state index >= 15 is 0 Å². The third kappa shape index (κ3) is 4.19. The summed E-state index contributed by atoms with van der Waals surface area (Å²) in [5.41, 5.74) is 1.69. The van der Waals surface area contributed by atoms with E-state index in [1.54, 1.807) is 13.0 Å². The fourth-order valence-corrected chi connectivity index (χ4v) is 1.88. The molecule has 2 nitrogen and oxygen atoms in total. The molecular weight excluding hydrogens is 268 g/mol. The lowest BCUT2D eigenvalue weighted by Gasteiger charge is -2.02. The molecule has 0 unspecified atom stereocenters. The van der Waals surface area contributed by atoms with Gasteiger partial charge in [0.25, 0.3) is 0 Å². The van der Waals surface area contributed by atoms with Crippen molar-refractivity contribution in [2.75, 3.05) is 0 Å². The van der Waals surface area contributed by atoms with Gasteiger partial charge in [0.05, 0.1) is 0 Å². The van der Waals surface area contributed by atoms with Gasteiger partial charge in [0.1, 0.15) is 0 Å². The van der Waals surface area contributed by atoms with Gasteiger partial charge >= 0.3 is 5.97 Å². The minimum Gasteiger partial charge on any atom is -0.478 e. The number of allylic oxidation sites excluding steroid dienone is 1. The highest BCUT2D eigenvalue weighted by molar-refractivity contribution is 9.10. The van der Waals surface area contributed by atoms with E-state index in [9.17, 15) is 4.79 Å². The second-order valence-electron chi connectivity index (χ2n) is 3.68. The summed E-state index contributed by atoms with van der Waals surface area (Å²) in [6.07, 6.45) is 4.51. The van der Waals surface area contributed by atoms with Crippen LogP contribution in [0.15, 0.2) is 40.4 Å². The van der Waals surface area contributed by atoms with Crippen molar-refractivity contribution in [1.29, 1.82) is 0 Å². The quantitative estimate of drug-likeness (QED) is 0.659. The van der Waals surface area contributed by atoms with Crippen LogP contribution in [0.25, 0.3) is 0 Å². The number of halogens is 1.